The van der Waals surface area contributed by atoms with Crippen LogP contribution in [0.2, 0.25) is 0 Å². The number of unbranched alkanes of at least 4 members (excludes halogenated alkanes) is 1. The van der Waals surface area contributed by atoms with Crippen LogP contribution in [0.4, 0.5) is 18.9 Å². The van der Waals surface area contributed by atoms with E-state index >= 15 is 0 Å². The summed E-state index contributed by atoms with van der Waals surface area (Å²) in [5, 5.41) is 2.46. The molecule has 1 unspecified atom stereocenters. The van der Waals surface area contributed by atoms with Crippen molar-refractivity contribution in [3.63, 3.8) is 0 Å². The quantitative estimate of drug-likeness (QED) is 0.867. The predicted molar refractivity (Wildman–Crippen MR) is 71.6 cm³/mol. The van der Waals surface area contributed by atoms with Crippen molar-refractivity contribution in [1.29, 1.82) is 0 Å². The molecule has 1 aliphatic rings. The average Bonchev–Trinajstić information content (AvgIpc) is 2.67. The van der Waals surface area contributed by atoms with E-state index in [0.29, 0.717) is 18.4 Å². The molecule has 0 saturated heterocycles. The van der Waals surface area contributed by atoms with Gasteiger partial charge in [0, 0.05) is 0 Å². The Morgan fingerprint density at radius 2 is 1.95 bits per heavy atom. The molecular weight excluding hydrogens is 267 g/mol. The van der Waals surface area contributed by atoms with Crippen LogP contribution in [0.25, 0.3) is 0 Å². The van der Waals surface area contributed by atoms with Crippen LogP contribution >= 0.6 is 0 Å². The van der Waals surface area contributed by atoms with E-state index in [4.69, 9.17) is 0 Å². The molecule has 0 aromatic heterocycles. The molecule has 0 aliphatic carbocycles. The summed E-state index contributed by atoms with van der Waals surface area (Å²) in [5.74, 6) is -0.305. The van der Waals surface area contributed by atoms with Crippen LogP contribution in [0.1, 0.15) is 50.7 Å². The molecule has 5 heteroatoms. The smallest absolute Gasteiger partial charge is 0.324 e. The molecule has 1 aromatic carbocycles. The number of halogens is 3. The van der Waals surface area contributed by atoms with Crippen LogP contribution in [0.15, 0.2) is 18.2 Å². The standard InChI is InChI=1S/C15H18F3NO/c1-3-5-9-14(4-2)10-7-6-8-11(15(16,17)18)12(10)19-13(14)20/h6-8H,3-5,9H2,1-2H3,(H,19,20). The van der Waals surface area contributed by atoms with Gasteiger partial charge in [0.15, 0.2) is 0 Å². The van der Waals surface area contributed by atoms with E-state index < -0.39 is 17.2 Å². The molecule has 110 valence electrons. The summed E-state index contributed by atoms with van der Waals surface area (Å²) in [4.78, 5) is 12.3. The van der Waals surface area contributed by atoms with Crippen LogP contribution in [-0.4, -0.2) is 5.91 Å². The number of hydrogen-bond donors (Lipinski definition) is 1. The maximum absolute atomic E-state index is 13.0. The number of alkyl halides is 3. The van der Waals surface area contributed by atoms with Crippen LogP contribution in [0.5, 0.6) is 0 Å². The third-order valence-corrected chi connectivity index (χ3v) is 4.12. The number of carbonyl (C=O) groups excluding carboxylic acids is 1. The molecule has 2 nitrogen and oxygen atoms in total. The number of para-hydroxylation sites is 1. The fraction of sp³-hybridized carbons (Fsp3) is 0.533. The molecule has 1 aromatic rings. The number of fused-ring (bicyclic) bond motifs is 1. The Bertz CT molecular complexity index is 524. The highest BCUT2D eigenvalue weighted by molar-refractivity contribution is 6.07. The van der Waals surface area contributed by atoms with E-state index in [2.05, 4.69) is 5.32 Å². The number of nitrogens with one attached hydrogen (secondary N) is 1. The van der Waals surface area contributed by atoms with Crippen molar-refractivity contribution in [3.8, 4) is 0 Å². The van der Waals surface area contributed by atoms with Gasteiger partial charge in [0.1, 0.15) is 0 Å². The van der Waals surface area contributed by atoms with E-state index in [1.807, 2.05) is 13.8 Å². The SMILES string of the molecule is CCCCC1(CC)C(=O)Nc2c(C(F)(F)F)cccc21. The summed E-state index contributed by atoms with van der Waals surface area (Å²) in [6.07, 6.45) is -1.64. The molecular formula is C15H18F3NO. The largest absolute Gasteiger partial charge is 0.418 e. The second-order valence-corrected chi connectivity index (χ2v) is 5.22. The van der Waals surface area contributed by atoms with Gasteiger partial charge < -0.3 is 5.32 Å². The topological polar surface area (TPSA) is 29.1 Å². The molecule has 0 bridgehead atoms. The van der Waals surface area contributed by atoms with Gasteiger partial charge in [-0.05, 0) is 24.5 Å². The minimum absolute atomic E-state index is 0.0528. The van der Waals surface area contributed by atoms with Crippen LogP contribution < -0.4 is 5.32 Å². The first-order valence-electron chi connectivity index (χ1n) is 6.89. The number of rotatable bonds is 4. The van der Waals surface area contributed by atoms with Crippen molar-refractivity contribution in [2.45, 2.75) is 51.1 Å². The van der Waals surface area contributed by atoms with Crippen molar-refractivity contribution in [2.75, 3.05) is 5.32 Å². The molecule has 2 rings (SSSR count). The fourth-order valence-electron chi connectivity index (χ4n) is 2.93. The summed E-state index contributed by atoms with van der Waals surface area (Å²) in [5.41, 5.74) is -1.13. The Morgan fingerprint density at radius 3 is 2.50 bits per heavy atom. The molecule has 1 aliphatic heterocycles. The highest BCUT2D eigenvalue weighted by Gasteiger charge is 2.48. The molecule has 1 N–H and O–H groups in total. The van der Waals surface area contributed by atoms with Crippen LogP contribution in [-0.2, 0) is 16.4 Å². The fourth-order valence-corrected chi connectivity index (χ4v) is 2.93. The van der Waals surface area contributed by atoms with Gasteiger partial charge in [0.05, 0.1) is 16.7 Å². The molecule has 20 heavy (non-hydrogen) atoms. The van der Waals surface area contributed by atoms with Crippen molar-refractivity contribution in [1.82, 2.24) is 0 Å². The molecule has 0 radical (unpaired) electrons. The second-order valence-electron chi connectivity index (χ2n) is 5.22. The van der Waals surface area contributed by atoms with E-state index in [0.717, 1.165) is 18.9 Å². The zero-order valence-corrected chi connectivity index (χ0v) is 11.6. The van der Waals surface area contributed by atoms with Crippen molar-refractivity contribution >= 4 is 11.6 Å². The van der Waals surface area contributed by atoms with Crippen molar-refractivity contribution in [2.24, 2.45) is 0 Å². The summed E-state index contributed by atoms with van der Waals surface area (Å²) in [6.45, 7) is 3.86. The first-order valence-corrected chi connectivity index (χ1v) is 6.89. The predicted octanol–water partition coefficient (Wildman–Crippen LogP) is 4.50. The molecule has 0 fully saturated rings. The minimum atomic E-state index is -4.45. The Hall–Kier alpha value is -1.52. The van der Waals surface area contributed by atoms with Gasteiger partial charge in [-0.15, -0.1) is 0 Å². The summed E-state index contributed by atoms with van der Waals surface area (Å²) in [7, 11) is 0. The Balaban J connectivity index is 2.56. The third-order valence-electron chi connectivity index (χ3n) is 4.12. The van der Waals surface area contributed by atoms with Gasteiger partial charge in [-0.25, -0.2) is 0 Å². The summed E-state index contributed by atoms with van der Waals surface area (Å²) < 4.78 is 39.1. The number of hydrogen-bond acceptors (Lipinski definition) is 1. The Labute approximate surface area is 116 Å². The zero-order chi connectivity index (χ0) is 15.0. The maximum Gasteiger partial charge on any atom is 0.418 e. The average molecular weight is 285 g/mol. The van der Waals surface area contributed by atoms with Crippen molar-refractivity contribution in [3.05, 3.63) is 29.3 Å². The number of benzene rings is 1. The van der Waals surface area contributed by atoms with E-state index in [-0.39, 0.29) is 11.6 Å². The monoisotopic (exact) mass is 285 g/mol. The molecule has 0 saturated carbocycles. The molecule has 1 heterocycles. The lowest BCUT2D eigenvalue weighted by Crippen LogP contribution is -2.33. The molecule has 0 spiro atoms. The highest BCUT2D eigenvalue weighted by atomic mass is 19.4. The summed E-state index contributed by atoms with van der Waals surface area (Å²) in [6, 6.07) is 4.05. The molecule has 1 atom stereocenters. The minimum Gasteiger partial charge on any atom is -0.324 e. The lowest BCUT2D eigenvalue weighted by molar-refractivity contribution is -0.136. The van der Waals surface area contributed by atoms with Crippen LogP contribution in [0.3, 0.4) is 0 Å². The zero-order valence-electron chi connectivity index (χ0n) is 11.6. The number of carbonyl (C=O) groups is 1. The lowest BCUT2D eigenvalue weighted by atomic mass is 9.75. The number of amides is 1. The van der Waals surface area contributed by atoms with E-state index in [9.17, 15) is 18.0 Å². The Kier molecular flexibility index (Phi) is 3.80. The molecule has 1 amide bonds. The maximum atomic E-state index is 13.0. The second kappa shape index (κ2) is 5.11. The van der Waals surface area contributed by atoms with Gasteiger partial charge >= 0.3 is 6.18 Å². The van der Waals surface area contributed by atoms with Gasteiger partial charge in [-0.3, -0.25) is 4.79 Å². The first-order chi connectivity index (χ1) is 9.36. The normalized spacial score (nSPS) is 21.8. The van der Waals surface area contributed by atoms with Gasteiger partial charge in [-0.2, -0.15) is 13.2 Å². The Morgan fingerprint density at radius 1 is 1.25 bits per heavy atom. The van der Waals surface area contributed by atoms with E-state index in [1.165, 1.54) is 6.07 Å². The van der Waals surface area contributed by atoms with E-state index in [1.54, 1.807) is 6.07 Å². The number of anilines is 1. The van der Waals surface area contributed by atoms with Gasteiger partial charge in [-0.1, -0.05) is 38.8 Å². The third kappa shape index (κ3) is 2.19. The van der Waals surface area contributed by atoms with Crippen molar-refractivity contribution < 1.29 is 18.0 Å². The van der Waals surface area contributed by atoms with Gasteiger partial charge in [0.2, 0.25) is 5.91 Å². The van der Waals surface area contributed by atoms with Gasteiger partial charge in [0.25, 0.3) is 0 Å². The summed E-state index contributed by atoms with van der Waals surface area (Å²) >= 11 is 0. The lowest BCUT2D eigenvalue weighted by Gasteiger charge is -2.26. The highest BCUT2D eigenvalue weighted by Crippen LogP contribution is 2.48. The van der Waals surface area contributed by atoms with Crippen LogP contribution in [0, 0.1) is 0 Å². The first kappa shape index (κ1) is 14.9.